The van der Waals surface area contributed by atoms with Crippen LogP contribution in [0.4, 0.5) is 0 Å². The van der Waals surface area contributed by atoms with Crippen LogP contribution in [0.25, 0.3) is 0 Å². The molecule has 0 saturated heterocycles. The van der Waals surface area contributed by atoms with Crippen molar-refractivity contribution >= 4 is 17.9 Å². The van der Waals surface area contributed by atoms with Crippen molar-refractivity contribution in [2.24, 2.45) is 0 Å². The smallest absolute Gasteiger partial charge is 0.306 e. The fourth-order valence-electron chi connectivity index (χ4n) is 9.23. The number of esters is 3. The maximum absolute atomic E-state index is 12.9. The molecule has 0 bridgehead atoms. The molecule has 0 aromatic rings. The van der Waals surface area contributed by atoms with Crippen molar-refractivity contribution < 1.29 is 28.6 Å². The summed E-state index contributed by atoms with van der Waals surface area (Å²) in [4.78, 5) is 38.4. The molecule has 0 aromatic carbocycles. The summed E-state index contributed by atoms with van der Waals surface area (Å²) in [5.41, 5.74) is 0. The second-order valence-electron chi connectivity index (χ2n) is 22.3. The maximum Gasteiger partial charge on any atom is 0.306 e. The summed E-state index contributed by atoms with van der Waals surface area (Å²) in [7, 11) is 0. The lowest BCUT2D eigenvalue weighted by atomic mass is 10.0. The molecular weight excluding hydrogens is 1020 g/mol. The van der Waals surface area contributed by atoms with E-state index < -0.39 is 6.10 Å². The molecule has 0 aliphatic heterocycles. The van der Waals surface area contributed by atoms with Crippen molar-refractivity contribution in [1.29, 1.82) is 0 Å². The first-order valence-corrected chi connectivity index (χ1v) is 34.3. The molecular formula is C77H126O6. The minimum atomic E-state index is -0.808. The van der Waals surface area contributed by atoms with E-state index >= 15 is 0 Å². The molecule has 6 nitrogen and oxygen atoms in total. The molecule has 0 rings (SSSR count). The summed E-state index contributed by atoms with van der Waals surface area (Å²) in [5, 5.41) is 0. The van der Waals surface area contributed by atoms with Crippen molar-refractivity contribution in [3.8, 4) is 0 Å². The standard InChI is InChI=1S/C77H126O6/c1-4-7-10-13-16-19-22-25-28-30-32-33-34-35-36-37-38-39-40-41-42-43-45-46-49-52-55-58-61-64-67-70-76(79)82-73-74(72-81-75(78)69-66-63-60-57-54-51-48-27-24-21-18-15-12-9-6-3)83-77(80)71-68-65-62-59-56-53-50-47-44-31-29-26-23-20-17-14-11-8-5-2/h7-8,10-11,16-21,25-29,32-33,35-36,44,47-48,53,56,74H,4-6,9,12-15,22-24,30-31,34,37-43,45-46,49-52,54-55,57-73H2,1-3H3/b10-7-,11-8-,19-16-,20-17-,21-18-,28-25-,29-26-,33-32-,36-35-,47-44-,48-27-,56-53-. The Morgan fingerprint density at radius 1 is 0.253 bits per heavy atom. The van der Waals surface area contributed by atoms with Crippen LogP contribution in [0.5, 0.6) is 0 Å². The van der Waals surface area contributed by atoms with E-state index in [0.717, 1.165) is 154 Å². The van der Waals surface area contributed by atoms with E-state index in [2.05, 4.69) is 167 Å². The van der Waals surface area contributed by atoms with Crippen LogP contribution < -0.4 is 0 Å². The van der Waals surface area contributed by atoms with Gasteiger partial charge in [0.1, 0.15) is 13.2 Å². The summed E-state index contributed by atoms with van der Waals surface area (Å²) >= 11 is 0. The Bertz CT molecular complexity index is 1800. The molecule has 0 aromatic heterocycles. The third-order valence-electron chi connectivity index (χ3n) is 14.3. The molecule has 0 spiro atoms. The molecule has 0 heterocycles. The highest BCUT2D eigenvalue weighted by Gasteiger charge is 2.19. The predicted octanol–water partition coefficient (Wildman–Crippen LogP) is 23.9. The van der Waals surface area contributed by atoms with Crippen molar-refractivity contribution in [2.45, 2.75) is 309 Å². The zero-order valence-electron chi connectivity index (χ0n) is 53.9. The fourth-order valence-corrected chi connectivity index (χ4v) is 9.23. The van der Waals surface area contributed by atoms with Crippen molar-refractivity contribution in [1.82, 2.24) is 0 Å². The molecule has 1 unspecified atom stereocenters. The average Bonchev–Trinajstić information content (AvgIpc) is 3.49. The topological polar surface area (TPSA) is 78.9 Å². The SMILES string of the molecule is CC/C=C\C/C=C\C/C=C\C/C=C\C/C=C\CCCCCCCCCCCCCCCCCC(=O)OCC(COC(=O)CCCCCCC/C=C\C/C=C\CCCCC)OC(=O)CCCCC/C=C\C/C=C\C/C=C\C/C=C\C/C=C\CC. The molecule has 6 heteroatoms. The zero-order chi connectivity index (χ0) is 59.9. The van der Waals surface area contributed by atoms with E-state index in [1.54, 1.807) is 0 Å². The van der Waals surface area contributed by atoms with Gasteiger partial charge in [0.05, 0.1) is 0 Å². The monoisotopic (exact) mass is 1150 g/mol. The van der Waals surface area contributed by atoms with Crippen LogP contribution in [0.2, 0.25) is 0 Å². The molecule has 83 heavy (non-hydrogen) atoms. The Balaban J connectivity index is 4.33. The molecule has 0 amide bonds. The van der Waals surface area contributed by atoms with E-state index in [4.69, 9.17) is 14.2 Å². The second-order valence-corrected chi connectivity index (χ2v) is 22.3. The summed E-state index contributed by atoms with van der Waals surface area (Å²) < 4.78 is 16.9. The third kappa shape index (κ3) is 68.0. The Morgan fingerprint density at radius 2 is 0.470 bits per heavy atom. The van der Waals surface area contributed by atoms with Crippen molar-refractivity contribution in [3.63, 3.8) is 0 Å². The number of hydrogen-bond donors (Lipinski definition) is 0. The lowest BCUT2D eigenvalue weighted by Crippen LogP contribution is -2.30. The van der Waals surface area contributed by atoms with Crippen LogP contribution in [0.1, 0.15) is 303 Å². The zero-order valence-corrected chi connectivity index (χ0v) is 53.9. The molecule has 0 N–H and O–H groups in total. The fraction of sp³-hybridized carbons (Fsp3) is 0.649. The Kier molecular flexibility index (Phi) is 65.8. The number of unbranched alkanes of at least 4 members (excludes halogenated alkanes) is 26. The maximum atomic E-state index is 12.9. The van der Waals surface area contributed by atoms with Gasteiger partial charge in [0, 0.05) is 19.3 Å². The summed E-state index contributed by atoms with van der Waals surface area (Å²) in [6.07, 6.45) is 100. The number of allylic oxidation sites excluding steroid dienone is 24. The average molecular weight is 1150 g/mol. The van der Waals surface area contributed by atoms with Gasteiger partial charge in [0.15, 0.2) is 6.10 Å². The molecule has 0 fully saturated rings. The van der Waals surface area contributed by atoms with Gasteiger partial charge in [0.2, 0.25) is 0 Å². The van der Waals surface area contributed by atoms with Crippen LogP contribution in [0.3, 0.4) is 0 Å². The van der Waals surface area contributed by atoms with E-state index in [9.17, 15) is 14.4 Å². The minimum Gasteiger partial charge on any atom is -0.462 e. The van der Waals surface area contributed by atoms with Crippen LogP contribution in [-0.2, 0) is 28.6 Å². The summed E-state index contributed by atoms with van der Waals surface area (Å²) in [5.74, 6) is -0.941. The molecule has 0 saturated carbocycles. The first-order chi connectivity index (χ1) is 41.0. The minimum absolute atomic E-state index is 0.0992. The number of carbonyl (C=O) groups is 3. The number of rotatable bonds is 61. The highest BCUT2D eigenvalue weighted by atomic mass is 16.6. The number of ether oxygens (including phenoxy) is 3. The van der Waals surface area contributed by atoms with Gasteiger partial charge in [-0.15, -0.1) is 0 Å². The van der Waals surface area contributed by atoms with Crippen molar-refractivity contribution in [2.75, 3.05) is 13.2 Å². The van der Waals surface area contributed by atoms with Crippen LogP contribution in [0.15, 0.2) is 146 Å². The Morgan fingerprint density at radius 3 is 0.747 bits per heavy atom. The molecule has 470 valence electrons. The summed E-state index contributed by atoms with van der Waals surface area (Å²) in [6.45, 7) is 6.36. The van der Waals surface area contributed by atoms with E-state index in [0.29, 0.717) is 12.8 Å². The van der Waals surface area contributed by atoms with Crippen molar-refractivity contribution in [3.05, 3.63) is 146 Å². The van der Waals surface area contributed by atoms with Gasteiger partial charge in [-0.1, -0.05) is 289 Å². The second kappa shape index (κ2) is 69.8. The van der Waals surface area contributed by atoms with Gasteiger partial charge in [-0.3, -0.25) is 14.4 Å². The number of carbonyl (C=O) groups excluding carboxylic acids is 3. The lowest BCUT2D eigenvalue weighted by molar-refractivity contribution is -0.167. The van der Waals surface area contributed by atoms with E-state index in [1.165, 1.54) is 109 Å². The van der Waals surface area contributed by atoms with Crippen LogP contribution >= 0.6 is 0 Å². The van der Waals surface area contributed by atoms with Crippen LogP contribution in [0, 0.1) is 0 Å². The quantitative estimate of drug-likeness (QED) is 0.0261. The van der Waals surface area contributed by atoms with E-state index in [1.807, 2.05) is 0 Å². The molecule has 0 radical (unpaired) electrons. The third-order valence-corrected chi connectivity index (χ3v) is 14.3. The predicted molar refractivity (Wildman–Crippen MR) is 362 cm³/mol. The first kappa shape index (κ1) is 78.3. The molecule has 0 aliphatic rings. The summed E-state index contributed by atoms with van der Waals surface area (Å²) in [6, 6.07) is 0. The Labute approximate surface area is 512 Å². The van der Waals surface area contributed by atoms with E-state index in [-0.39, 0.29) is 37.5 Å². The Hall–Kier alpha value is -4.71. The highest BCUT2D eigenvalue weighted by Crippen LogP contribution is 2.16. The van der Waals surface area contributed by atoms with Gasteiger partial charge in [0.25, 0.3) is 0 Å². The van der Waals surface area contributed by atoms with Gasteiger partial charge in [-0.25, -0.2) is 0 Å². The first-order valence-electron chi connectivity index (χ1n) is 34.3. The van der Waals surface area contributed by atoms with Crippen LogP contribution in [-0.4, -0.2) is 37.2 Å². The largest absolute Gasteiger partial charge is 0.462 e. The van der Waals surface area contributed by atoms with Gasteiger partial charge in [-0.05, 0) is 141 Å². The lowest BCUT2D eigenvalue weighted by Gasteiger charge is -2.18. The highest BCUT2D eigenvalue weighted by molar-refractivity contribution is 5.71. The molecule has 1 atom stereocenters. The van der Waals surface area contributed by atoms with Gasteiger partial charge in [-0.2, -0.15) is 0 Å². The van der Waals surface area contributed by atoms with Gasteiger partial charge >= 0.3 is 17.9 Å². The molecule has 0 aliphatic carbocycles. The van der Waals surface area contributed by atoms with Gasteiger partial charge < -0.3 is 14.2 Å². The normalized spacial score (nSPS) is 13.0. The number of hydrogen-bond acceptors (Lipinski definition) is 6.